The summed E-state index contributed by atoms with van der Waals surface area (Å²) in [6.45, 7) is 0.201. The van der Waals surface area contributed by atoms with Crippen LogP contribution in [0, 0.1) is 5.82 Å². The van der Waals surface area contributed by atoms with Crippen LogP contribution in [0.4, 0.5) is 10.1 Å². The molecule has 1 heterocycles. The van der Waals surface area contributed by atoms with Gasteiger partial charge in [0.05, 0.1) is 24.9 Å². The number of methoxy groups -OCH3 is 1. The quantitative estimate of drug-likeness (QED) is 0.652. The Morgan fingerprint density at radius 2 is 1.92 bits per heavy atom. The van der Waals surface area contributed by atoms with E-state index in [0.29, 0.717) is 22.2 Å². The van der Waals surface area contributed by atoms with E-state index in [-0.39, 0.29) is 12.1 Å². The molecule has 132 valence electrons. The number of pyridine rings is 1. The maximum atomic E-state index is 14.4. The van der Waals surface area contributed by atoms with Gasteiger partial charge >= 0.3 is 0 Å². The Morgan fingerprint density at radius 1 is 1.15 bits per heavy atom. The van der Waals surface area contributed by atoms with E-state index in [1.807, 2.05) is 6.07 Å². The van der Waals surface area contributed by atoms with Gasteiger partial charge < -0.3 is 9.64 Å². The second-order valence-corrected chi connectivity index (χ2v) is 5.97. The predicted octanol–water partition coefficient (Wildman–Crippen LogP) is 4.73. The first kappa shape index (κ1) is 17.9. The smallest absolute Gasteiger partial charge is 0.261 e. The average molecular weight is 371 g/mol. The van der Waals surface area contributed by atoms with Crippen LogP contribution in [0.15, 0.2) is 66.9 Å². The van der Waals surface area contributed by atoms with Gasteiger partial charge in [-0.05, 0) is 48.5 Å². The number of halogens is 2. The van der Waals surface area contributed by atoms with Gasteiger partial charge in [-0.3, -0.25) is 9.78 Å². The van der Waals surface area contributed by atoms with Crippen molar-refractivity contribution in [3.05, 3.63) is 89.0 Å². The van der Waals surface area contributed by atoms with Crippen molar-refractivity contribution in [3.8, 4) is 5.75 Å². The highest BCUT2D eigenvalue weighted by Gasteiger charge is 2.22. The van der Waals surface area contributed by atoms with Gasteiger partial charge in [0.15, 0.2) is 0 Å². The molecule has 0 aliphatic heterocycles. The molecular weight excluding hydrogens is 355 g/mol. The molecule has 0 spiro atoms. The molecule has 1 amide bonds. The van der Waals surface area contributed by atoms with Gasteiger partial charge in [0.1, 0.15) is 11.6 Å². The van der Waals surface area contributed by atoms with Gasteiger partial charge in [0, 0.05) is 23.0 Å². The van der Waals surface area contributed by atoms with Gasteiger partial charge in [-0.2, -0.15) is 0 Å². The number of carbonyl (C=O) groups excluding carboxylic acids is 1. The summed E-state index contributed by atoms with van der Waals surface area (Å²) in [5.74, 6) is -0.769. The Balaban J connectivity index is 1.99. The number of hydrogen-bond acceptors (Lipinski definition) is 3. The number of nitrogens with zero attached hydrogens (tertiary/aromatic N) is 2. The Kier molecular flexibility index (Phi) is 5.49. The highest BCUT2D eigenvalue weighted by Crippen LogP contribution is 2.24. The van der Waals surface area contributed by atoms with Crippen LogP contribution in [0.2, 0.25) is 5.02 Å². The standard InChI is InChI=1S/C20H16ClFN2O2/c1-26-17-9-10-18(19(22)12-17)20(25)24(13-15-4-2-3-11-23-15)16-7-5-14(21)6-8-16/h2-12H,13H2,1H3. The van der Waals surface area contributed by atoms with E-state index in [9.17, 15) is 9.18 Å². The van der Waals surface area contributed by atoms with Crippen molar-refractivity contribution in [2.75, 3.05) is 12.0 Å². The number of aromatic nitrogens is 1. The molecule has 26 heavy (non-hydrogen) atoms. The third-order valence-electron chi connectivity index (χ3n) is 3.84. The molecule has 0 N–H and O–H groups in total. The van der Waals surface area contributed by atoms with E-state index in [1.54, 1.807) is 48.7 Å². The number of hydrogen-bond donors (Lipinski definition) is 0. The van der Waals surface area contributed by atoms with Crippen molar-refractivity contribution < 1.29 is 13.9 Å². The second-order valence-electron chi connectivity index (χ2n) is 5.53. The molecule has 0 atom stereocenters. The van der Waals surface area contributed by atoms with Crippen LogP contribution in [0.5, 0.6) is 5.75 Å². The molecule has 1 aromatic heterocycles. The van der Waals surface area contributed by atoms with E-state index in [0.717, 1.165) is 0 Å². The van der Waals surface area contributed by atoms with Crippen molar-refractivity contribution in [2.24, 2.45) is 0 Å². The summed E-state index contributed by atoms with van der Waals surface area (Å²) in [4.78, 5) is 18.8. The number of carbonyl (C=O) groups is 1. The lowest BCUT2D eigenvalue weighted by Gasteiger charge is -2.23. The fourth-order valence-electron chi connectivity index (χ4n) is 2.50. The lowest BCUT2D eigenvalue weighted by molar-refractivity contribution is 0.0981. The summed E-state index contributed by atoms with van der Waals surface area (Å²) in [5, 5.41) is 0.551. The summed E-state index contributed by atoms with van der Waals surface area (Å²) >= 11 is 5.94. The third-order valence-corrected chi connectivity index (χ3v) is 4.09. The largest absolute Gasteiger partial charge is 0.497 e. The normalized spacial score (nSPS) is 10.4. The first-order valence-electron chi connectivity index (χ1n) is 7.89. The second kappa shape index (κ2) is 7.97. The van der Waals surface area contributed by atoms with Crippen LogP contribution < -0.4 is 9.64 Å². The van der Waals surface area contributed by atoms with Crippen molar-refractivity contribution in [3.63, 3.8) is 0 Å². The highest BCUT2D eigenvalue weighted by atomic mass is 35.5. The molecular formula is C20H16ClFN2O2. The van der Waals surface area contributed by atoms with E-state index < -0.39 is 11.7 Å². The topological polar surface area (TPSA) is 42.4 Å². The Labute approximate surface area is 155 Å². The fraction of sp³-hybridized carbons (Fsp3) is 0.100. The van der Waals surface area contributed by atoms with Crippen LogP contribution in [-0.2, 0) is 6.54 Å². The van der Waals surface area contributed by atoms with E-state index in [2.05, 4.69) is 4.98 Å². The maximum absolute atomic E-state index is 14.4. The van der Waals surface area contributed by atoms with Crippen molar-refractivity contribution in [1.29, 1.82) is 0 Å². The monoisotopic (exact) mass is 370 g/mol. The number of benzene rings is 2. The summed E-state index contributed by atoms with van der Waals surface area (Å²) in [6, 6.07) is 16.4. The average Bonchev–Trinajstić information content (AvgIpc) is 2.67. The van der Waals surface area contributed by atoms with Gasteiger partial charge in [0.2, 0.25) is 0 Å². The number of amides is 1. The van der Waals surface area contributed by atoms with Crippen LogP contribution in [-0.4, -0.2) is 18.0 Å². The molecule has 0 aliphatic carbocycles. The number of rotatable bonds is 5. The first-order chi connectivity index (χ1) is 12.6. The molecule has 0 radical (unpaired) electrons. The SMILES string of the molecule is COc1ccc(C(=O)N(Cc2ccccn2)c2ccc(Cl)cc2)c(F)c1. The molecule has 2 aromatic carbocycles. The van der Waals surface area contributed by atoms with Gasteiger partial charge in [-0.25, -0.2) is 4.39 Å². The maximum Gasteiger partial charge on any atom is 0.261 e. The number of ether oxygens (including phenoxy) is 1. The van der Waals surface area contributed by atoms with E-state index in [4.69, 9.17) is 16.3 Å². The minimum atomic E-state index is -0.644. The first-order valence-corrected chi connectivity index (χ1v) is 8.27. The number of anilines is 1. The Morgan fingerprint density at radius 3 is 2.54 bits per heavy atom. The zero-order valence-corrected chi connectivity index (χ0v) is 14.8. The third kappa shape index (κ3) is 4.00. The minimum absolute atomic E-state index is 0.0447. The van der Waals surface area contributed by atoms with Crippen molar-refractivity contribution in [1.82, 2.24) is 4.98 Å². The highest BCUT2D eigenvalue weighted by molar-refractivity contribution is 6.30. The predicted molar refractivity (Wildman–Crippen MR) is 99.2 cm³/mol. The fourth-order valence-corrected chi connectivity index (χ4v) is 2.62. The van der Waals surface area contributed by atoms with Gasteiger partial charge in [0.25, 0.3) is 5.91 Å². The minimum Gasteiger partial charge on any atom is -0.497 e. The molecule has 0 fully saturated rings. The van der Waals surface area contributed by atoms with Crippen LogP contribution in [0.3, 0.4) is 0 Å². The molecule has 0 saturated heterocycles. The van der Waals surface area contributed by atoms with Crippen LogP contribution >= 0.6 is 11.6 Å². The van der Waals surface area contributed by atoms with Crippen molar-refractivity contribution >= 4 is 23.2 Å². The van der Waals surface area contributed by atoms with Crippen LogP contribution in [0.25, 0.3) is 0 Å². The van der Waals surface area contributed by atoms with Gasteiger partial charge in [-0.15, -0.1) is 0 Å². The molecule has 0 bridgehead atoms. The van der Waals surface area contributed by atoms with Crippen molar-refractivity contribution in [2.45, 2.75) is 6.54 Å². The molecule has 0 aliphatic rings. The molecule has 6 heteroatoms. The Bertz CT molecular complexity index is 901. The lowest BCUT2D eigenvalue weighted by Crippen LogP contribution is -2.31. The van der Waals surface area contributed by atoms with E-state index in [1.165, 1.54) is 24.1 Å². The molecule has 0 unspecified atom stereocenters. The van der Waals surface area contributed by atoms with E-state index >= 15 is 0 Å². The molecule has 4 nitrogen and oxygen atoms in total. The summed E-state index contributed by atoms with van der Waals surface area (Å²) in [5.41, 5.74) is 1.24. The molecule has 0 saturated carbocycles. The summed E-state index contributed by atoms with van der Waals surface area (Å²) in [7, 11) is 1.44. The zero-order chi connectivity index (χ0) is 18.5. The summed E-state index contributed by atoms with van der Waals surface area (Å²) < 4.78 is 19.4. The Hall–Kier alpha value is -2.92. The van der Waals surface area contributed by atoms with Crippen LogP contribution in [0.1, 0.15) is 16.1 Å². The molecule has 3 aromatic rings. The lowest BCUT2D eigenvalue weighted by atomic mass is 10.1. The zero-order valence-electron chi connectivity index (χ0n) is 14.0. The van der Waals surface area contributed by atoms with Gasteiger partial charge in [-0.1, -0.05) is 17.7 Å². The summed E-state index contributed by atoms with van der Waals surface area (Å²) in [6.07, 6.45) is 1.65. The molecule has 3 rings (SSSR count).